The van der Waals surface area contributed by atoms with Crippen molar-refractivity contribution in [2.24, 2.45) is 16.5 Å². The number of anilines is 1. The van der Waals surface area contributed by atoms with Crippen molar-refractivity contribution in [3.8, 4) is 0 Å². The number of nitrogens with two attached hydrogens (primary N) is 2. The predicted octanol–water partition coefficient (Wildman–Crippen LogP) is 2.43. The van der Waals surface area contributed by atoms with Gasteiger partial charge < -0.3 is 26.4 Å². The molecule has 1 heterocycles. The van der Waals surface area contributed by atoms with Gasteiger partial charge in [0.05, 0.1) is 29.1 Å². The summed E-state index contributed by atoms with van der Waals surface area (Å²) in [6.45, 7) is 0.212. The Labute approximate surface area is 220 Å². The predicted molar refractivity (Wildman–Crippen MR) is 142 cm³/mol. The normalized spacial score (nSPS) is 13.2. The van der Waals surface area contributed by atoms with Gasteiger partial charge in [-0.3, -0.25) is 29.5 Å². The number of carboxylic acid groups (broad SMARTS) is 1. The largest absolute Gasteiger partial charge is 0.481 e. The van der Waals surface area contributed by atoms with Gasteiger partial charge in [0.25, 0.3) is 11.6 Å². The van der Waals surface area contributed by atoms with Crippen LogP contribution in [0.5, 0.6) is 0 Å². The molecule has 1 aliphatic heterocycles. The second-order valence-electron chi connectivity index (χ2n) is 9.10. The molecule has 0 fully saturated rings. The van der Waals surface area contributed by atoms with E-state index in [1.807, 2.05) is 6.07 Å². The number of hydrogen-bond donors (Lipinski definition) is 3. The van der Waals surface area contributed by atoms with Gasteiger partial charge in [0, 0.05) is 25.2 Å². The number of nitrogens with zero attached hydrogens (tertiary/aromatic N) is 4. The van der Waals surface area contributed by atoms with Gasteiger partial charge in [0.2, 0.25) is 5.91 Å². The molecule has 5 N–H and O–H groups in total. The zero-order valence-electron chi connectivity index (χ0n) is 21.0. The number of fused-ring (bicyclic) bond motifs is 1. The third kappa shape index (κ3) is 7.76. The number of hydrogen-bond acceptors (Lipinski definition) is 6. The van der Waals surface area contributed by atoms with E-state index < -0.39 is 22.7 Å². The van der Waals surface area contributed by atoms with Gasteiger partial charge in [-0.1, -0.05) is 31.0 Å². The fourth-order valence-corrected chi connectivity index (χ4v) is 4.31. The SMILES string of the molecule is NC(N)=NCCCCCCc1ccc2c(c1)C(=O)N(CCC(=O)O)CC(=O)N2Cc1cccc([N+](=O)[O-])c1. The molecular weight excluding hydrogens is 492 g/mol. The number of non-ortho nitro benzene ring substituents is 1. The second kappa shape index (κ2) is 13.2. The van der Waals surface area contributed by atoms with E-state index in [1.54, 1.807) is 24.3 Å². The highest BCUT2D eigenvalue weighted by atomic mass is 16.6. The fraction of sp³-hybridized carbons (Fsp3) is 0.385. The monoisotopic (exact) mass is 524 g/mol. The minimum atomic E-state index is -1.07. The van der Waals surface area contributed by atoms with Gasteiger partial charge in [-0.2, -0.15) is 0 Å². The Morgan fingerprint density at radius 2 is 1.82 bits per heavy atom. The van der Waals surface area contributed by atoms with Crippen molar-refractivity contribution in [2.45, 2.75) is 45.1 Å². The van der Waals surface area contributed by atoms with Crippen LogP contribution in [0.25, 0.3) is 0 Å². The lowest BCUT2D eigenvalue weighted by Crippen LogP contribution is -2.40. The quantitative estimate of drug-likeness (QED) is 0.117. The molecule has 0 bridgehead atoms. The Bertz CT molecular complexity index is 1230. The lowest BCUT2D eigenvalue weighted by atomic mass is 10.0. The number of carboxylic acids is 1. The van der Waals surface area contributed by atoms with Crippen molar-refractivity contribution >= 4 is 35.1 Å². The Balaban J connectivity index is 1.82. The van der Waals surface area contributed by atoms with Crippen molar-refractivity contribution in [3.05, 3.63) is 69.3 Å². The smallest absolute Gasteiger partial charge is 0.305 e. The van der Waals surface area contributed by atoms with Gasteiger partial charge in [-0.25, -0.2) is 0 Å². The van der Waals surface area contributed by atoms with E-state index >= 15 is 0 Å². The van der Waals surface area contributed by atoms with Crippen LogP contribution in [0.2, 0.25) is 0 Å². The number of unbranched alkanes of at least 4 members (excludes halogenated alkanes) is 3. The van der Waals surface area contributed by atoms with Crippen molar-refractivity contribution in [2.75, 3.05) is 24.5 Å². The average molecular weight is 525 g/mol. The summed E-state index contributed by atoms with van der Waals surface area (Å²) < 4.78 is 0. The van der Waals surface area contributed by atoms with E-state index in [4.69, 9.17) is 16.6 Å². The Morgan fingerprint density at radius 3 is 2.53 bits per heavy atom. The summed E-state index contributed by atoms with van der Waals surface area (Å²) in [6, 6.07) is 11.3. The fourth-order valence-electron chi connectivity index (χ4n) is 4.31. The first-order valence-corrected chi connectivity index (χ1v) is 12.4. The van der Waals surface area contributed by atoms with Crippen LogP contribution in [0.15, 0.2) is 47.5 Å². The number of benzene rings is 2. The minimum absolute atomic E-state index is 0.0305. The van der Waals surface area contributed by atoms with E-state index in [1.165, 1.54) is 21.9 Å². The van der Waals surface area contributed by atoms with E-state index in [0.29, 0.717) is 23.4 Å². The van der Waals surface area contributed by atoms with Gasteiger partial charge in [-0.05, 0) is 42.5 Å². The van der Waals surface area contributed by atoms with E-state index in [0.717, 1.165) is 37.7 Å². The van der Waals surface area contributed by atoms with E-state index in [-0.39, 0.29) is 37.7 Å². The zero-order chi connectivity index (χ0) is 27.7. The summed E-state index contributed by atoms with van der Waals surface area (Å²) >= 11 is 0. The summed E-state index contributed by atoms with van der Waals surface area (Å²) in [5.41, 5.74) is 12.7. The number of aryl methyl sites for hydroxylation is 1. The van der Waals surface area contributed by atoms with Crippen LogP contribution in [-0.4, -0.2) is 58.3 Å². The summed E-state index contributed by atoms with van der Waals surface area (Å²) in [5, 5.41) is 20.3. The number of guanidine groups is 1. The van der Waals surface area contributed by atoms with Gasteiger partial charge >= 0.3 is 5.97 Å². The Morgan fingerprint density at radius 1 is 1.05 bits per heavy atom. The number of amides is 2. The highest BCUT2D eigenvalue weighted by molar-refractivity contribution is 6.09. The van der Waals surface area contributed by atoms with Crippen molar-refractivity contribution in [1.29, 1.82) is 0 Å². The third-order valence-corrected chi connectivity index (χ3v) is 6.22. The highest BCUT2D eigenvalue weighted by Crippen LogP contribution is 2.30. The second-order valence-corrected chi connectivity index (χ2v) is 9.10. The molecule has 0 unspecified atom stereocenters. The Kier molecular flexibility index (Phi) is 9.74. The number of carbonyl (C=O) groups is 3. The molecule has 2 amide bonds. The lowest BCUT2D eigenvalue weighted by Gasteiger charge is -2.23. The van der Waals surface area contributed by atoms with Gasteiger partial charge in [0.1, 0.15) is 6.54 Å². The van der Waals surface area contributed by atoms with Gasteiger partial charge in [-0.15, -0.1) is 0 Å². The number of aliphatic carboxylic acids is 1. The summed E-state index contributed by atoms with van der Waals surface area (Å²) in [6.07, 6.45) is 4.08. The number of aliphatic imine (C=N–C) groups is 1. The first-order valence-electron chi connectivity index (χ1n) is 12.4. The molecular formula is C26H32N6O6. The number of rotatable bonds is 13. The van der Waals surface area contributed by atoms with Crippen LogP contribution in [-0.2, 0) is 22.6 Å². The zero-order valence-corrected chi connectivity index (χ0v) is 21.0. The standard InChI is InChI=1S/C26H32N6O6/c27-26(28)29-12-4-2-1-3-6-18-9-10-22-21(15-18)25(36)30(13-11-24(34)35)17-23(33)31(22)16-19-7-5-8-20(14-19)32(37)38/h5,7-10,14-15H,1-4,6,11-13,16-17H2,(H,34,35)(H4,27,28,29). The molecule has 0 saturated carbocycles. The van der Waals surface area contributed by atoms with Crippen LogP contribution in [0.3, 0.4) is 0 Å². The highest BCUT2D eigenvalue weighted by Gasteiger charge is 2.32. The molecule has 3 rings (SSSR count). The van der Waals surface area contributed by atoms with Crippen LogP contribution in [0.1, 0.15) is 53.6 Å². The van der Waals surface area contributed by atoms with Crippen LogP contribution in [0.4, 0.5) is 11.4 Å². The topological polar surface area (TPSA) is 185 Å². The number of carbonyl (C=O) groups excluding carboxylic acids is 2. The summed E-state index contributed by atoms with van der Waals surface area (Å²) in [4.78, 5) is 55.2. The summed E-state index contributed by atoms with van der Waals surface area (Å²) in [7, 11) is 0. The van der Waals surface area contributed by atoms with E-state index in [2.05, 4.69) is 4.99 Å². The maximum absolute atomic E-state index is 13.4. The van der Waals surface area contributed by atoms with Crippen molar-refractivity contribution in [1.82, 2.24) is 4.90 Å². The summed E-state index contributed by atoms with van der Waals surface area (Å²) in [5.74, 6) is -1.82. The molecule has 12 nitrogen and oxygen atoms in total. The average Bonchev–Trinajstić information content (AvgIpc) is 2.97. The molecule has 1 aliphatic rings. The molecule has 2 aromatic carbocycles. The first kappa shape index (κ1) is 28.1. The number of nitro benzene ring substituents is 1. The molecule has 0 saturated heterocycles. The molecule has 38 heavy (non-hydrogen) atoms. The molecule has 202 valence electrons. The Hall–Kier alpha value is -4.48. The van der Waals surface area contributed by atoms with Crippen LogP contribution in [0, 0.1) is 10.1 Å². The van der Waals surface area contributed by atoms with Crippen LogP contribution >= 0.6 is 0 Å². The van der Waals surface area contributed by atoms with E-state index in [9.17, 15) is 24.5 Å². The first-order chi connectivity index (χ1) is 18.2. The van der Waals surface area contributed by atoms with Gasteiger partial charge in [0.15, 0.2) is 5.96 Å². The maximum atomic E-state index is 13.4. The molecule has 0 aliphatic carbocycles. The van der Waals surface area contributed by atoms with Crippen molar-refractivity contribution in [3.63, 3.8) is 0 Å². The molecule has 0 aromatic heterocycles. The molecule has 0 spiro atoms. The van der Waals surface area contributed by atoms with Crippen LogP contribution < -0.4 is 16.4 Å². The third-order valence-electron chi connectivity index (χ3n) is 6.22. The maximum Gasteiger partial charge on any atom is 0.305 e. The van der Waals surface area contributed by atoms with Crippen molar-refractivity contribution < 1.29 is 24.4 Å². The molecule has 0 atom stereocenters. The number of nitro groups is 1. The molecule has 12 heteroatoms. The molecule has 2 aromatic rings. The molecule has 0 radical (unpaired) electrons. The lowest BCUT2D eigenvalue weighted by molar-refractivity contribution is -0.384. The minimum Gasteiger partial charge on any atom is -0.481 e.